The van der Waals surface area contributed by atoms with Crippen LogP contribution < -0.4 is 5.32 Å². The minimum atomic E-state index is 0.686. The molecule has 2 rings (SSSR count). The summed E-state index contributed by atoms with van der Waals surface area (Å²) in [5.74, 6) is 0.686. The van der Waals surface area contributed by atoms with Crippen LogP contribution in [0, 0.1) is 0 Å². The molecule has 0 atom stereocenters. The lowest BCUT2D eigenvalue weighted by atomic mass is 10.1. The Hall–Kier alpha value is -0.410. The van der Waals surface area contributed by atoms with Gasteiger partial charge in [-0.3, -0.25) is 0 Å². The predicted molar refractivity (Wildman–Crippen MR) is 60.8 cm³/mol. The van der Waals surface area contributed by atoms with Crippen molar-refractivity contribution in [3.05, 3.63) is 15.6 Å². The Kier molecular flexibility index (Phi) is 3.19. The number of thiazole rings is 1. The van der Waals surface area contributed by atoms with Crippen molar-refractivity contribution in [2.75, 3.05) is 6.54 Å². The lowest BCUT2D eigenvalue weighted by molar-refractivity contribution is 0.621. The van der Waals surface area contributed by atoms with Crippen molar-refractivity contribution in [2.45, 2.75) is 45.6 Å². The number of rotatable bonds is 3. The molecule has 1 aromatic heterocycles. The van der Waals surface area contributed by atoms with Crippen molar-refractivity contribution >= 4 is 11.3 Å². The highest BCUT2D eigenvalue weighted by Crippen LogP contribution is 2.30. The molecule has 1 aromatic rings. The van der Waals surface area contributed by atoms with Crippen molar-refractivity contribution in [2.24, 2.45) is 0 Å². The fourth-order valence-corrected chi connectivity index (χ4v) is 3.31. The molecule has 0 aliphatic carbocycles. The Morgan fingerprint density at radius 2 is 2.21 bits per heavy atom. The molecule has 2 heterocycles. The Labute approximate surface area is 89.8 Å². The van der Waals surface area contributed by atoms with Crippen LogP contribution in [0.15, 0.2) is 0 Å². The number of hydrogen-bond donors (Lipinski definition) is 1. The molecular weight excluding hydrogens is 192 g/mol. The molecule has 0 fully saturated rings. The van der Waals surface area contributed by atoms with Crippen LogP contribution >= 0.6 is 11.3 Å². The molecular formula is C11H18N2S. The van der Waals surface area contributed by atoms with Crippen molar-refractivity contribution in [3.63, 3.8) is 0 Å². The molecule has 2 nitrogen and oxygen atoms in total. The topological polar surface area (TPSA) is 24.9 Å². The van der Waals surface area contributed by atoms with E-state index in [9.17, 15) is 0 Å². The van der Waals surface area contributed by atoms with Gasteiger partial charge in [-0.1, -0.05) is 13.8 Å². The first kappa shape index (κ1) is 10.1. The van der Waals surface area contributed by atoms with Gasteiger partial charge in [-0.15, -0.1) is 11.3 Å². The normalized spacial score (nSPS) is 15.9. The first-order valence-electron chi connectivity index (χ1n) is 5.54. The number of fused-ring (bicyclic) bond motifs is 1. The Morgan fingerprint density at radius 3 is 2.86 bits per heavy atom. The van der Waals surface area contributed by atoms with Gasteiger partial charge in [0.25, 0.3) is 0 Å². The number of aromatic nitrogens is 1. The maximum Gasteiger partial charge on any atom is 0.0962 e. The van der Waals surface area contributed by atoms with E-state index in [-0.39, 0.29) is 0 Å². The number of hydrogen-bond acceptors (Lipinski definition) is 3. The third-order valence-electron chi connectivity index (χ3n) is 2.95. The summed E-state index contributed by atoms with van der Waals surface area (Å²) in [5, 5.41) is 4.76. The molecule has 78 valence electrons. The summed E-state index contributed by atoms with van der Waals surface area (Å²) in [5.41, 5.74) is 1.36. The van der Waals surface area contributed by atoms with Gasteiger partial charge >= 0.3 is 0 Å². The first-order valence-corrected chi connectivity index (χ1v) is 6.36. The second-order valence-corrected chi connectivity index (χ2v) is 4.98. The van der Waals surface area contributed by atoms with Crippen LogP contribution in [0.3, 0.4) is 0 Å². The molecule has 1 aliphatic heterocycles. The predicted octanol–water partition coefficient (Wildman–Crippen LogP) is 2.69. The van der Waals surface area contributed by atoms with Crippen LogP contribution in [-0.2, 0) is 13.0 Å². The molecule has 0 spiro atoms. The van der Waals surface area contributed by atoms with E-state index >= 15 is 0 Å². The Bertz CT molecular complexity index is 279. The smallest absolute Gasteiger partial charge is 0.0962 e. The maximum absolute atomic E-state index is 4.77. The number of nitrogens with one attached hydrogen (secondary N) is 1. The van der Waals surface area contributed by atoms with Crippen LogP contribution in [0.25, 0.3) is 0 Å². The van der Waals surface area contributed by atoms with E-state index in [0.29, 0.717) is 5.92 Å². The fourth-order valence-electron chi connectivity index (χ4n) is 1.96. The van der Waals surface area contributed by atoms with Crippen LogP contribution in [0.4, 0.5) is 0 Å². The summed E-state index contributed by atoms with van der Waals surface area (Å²) in [7, 11) is 0. The third kappa shape index (κ3) is 1.84. The van der Waals surface area contributed by atoms with E-state index in [0.717, 1.165) is 19.5 Å². The summed E-state index contributed by atoms with van der Waals surface area (Å²) >= 11 is 1.92. The minimum absolute atomic E-state index is 0.686. The zero-order chi connectivity index (χ0) is 9.97. The minimum Gasteiger partial charge on any atom is -0.311 e. The molecule has 0 saturated carbocycles. The van der Waals surface area contributed by atoms with Gasteiger partial charge in [-0.2, -0.15) is 0 Å². The second-order valence-electron chi connectivity index (χ2n) is 3.86. The maximum atomic E-state index is 4.77. The molecule has 1 aliphatic rings. The van der Waals surface area contributed by atoms with Crippen molar-refractivity contribution in [1.29, 1.82) is 0 Å². The van der Waals surface area contributed by atoms with Gasteiger partial charge in [0, 0.05) is 30.3 Å². The summed E-state index contributed by atoms with van der Waals surface area (Å²) in [6.07, 6.45) is 3.55. The van der Waals surface area contributed by atoms with Crippen LogP contribution in [0.2, 0.25) is 0 Å². The van der Waals surface area contributed by atoms with Gasteiger partial charge in [0.2, 0.25) is 0 Å². The molecule has 0 unspecified atom stereocenters. The lowest BCUT2D eigenvalue weighted by Crippen LogP contribution is -2.22. The Balaban J connectivity index is 2.22. The summed E-state index contributed by atoms with van der Waals surface area (Å²) in [6.45, 7) is 6.64. The van der Waals surface area contributed by atoms with Crippen LogP contribution in [0.5, 0.6) is 0 Å². The highest BCUT2D eigenvalue weighted by molar-refractivity contribution is 7.11. The molecule has 14 heavy (non-hydrogen) atoms. The molecule has 0 aromatic carbocycles. The summed E-state index contributed by atoms with van der Waals surface area (Å²) in [6, 6.07) is 0. The molecule has 0 bridgehead atoms. The second kappa shape index (κ2) is 4.41. The summed E-state index contributed by atoms with van der Waals surface area (Å²) < 4.78 is 0. The van der Waals surface area contributed by atoms with E-state index in [2.05, 4.69) is 19.2 Å². The van der Waals surface area contributed by atoms with Crippen LogP contribution in [-0.4, -0.2) is 11.5 Å². The van der Waals surface area contributed by atoms with Crippen molar-refractivity contribution < 1.29 is 0 Å². The lowest BCUT2D eigenvalue weighted by Gasteiger charge is -2.09. The zero-order valence-electron chi connectivity index (χ0n) is 8.97. The fraction of sp³-hybridized carbons (Fsp3) is 0.727. The largest absolute Gasteiger partial charge is 0.311 e. The molecule has 0 radical (unpaired) electrons. The molecule has 0 amide bonds. The molecule has 1 N–H and O–H groups in total. The molecule has 0 saturated heterocycles. The van der Waals surface area contributed by atoms with E-state index in [1.165, 1.54) is 28.4 Å². The van der Waals surface area contributed by atoms with Crippen molar-refractivity contribution in [1.82, 2.24) is 10.3 Å². The zero-order valence-corrected chi connectivity index (χ0v) is 9.78. The Morgan fingerprint density at radius 1 is 1.43 bits per heavy atom. The standard InChI is InChI=1S/C11H18N2S/c1-3-8(4-2)11-13-9-5-6-12-7-10(9)14-11/h8,12H,3-7H2,1-2H3. The van der Waals surface area contributed by atoms with E-state index in [1.54, 1.807) is 0 Å². The highest BCUT2D eigenvalue weighted by atomic mass is 32.1. The highest BCUT2D eigenvalue weighted by Gasteiger charge is 2.18. The SMILES string of the molecule is CCC(CC)c1nc2c(s1)CNCC2. The van der Waals surface area contributed by atoms with Gasteiger partial charge in [-0.25, -0.2) is 4.98 Å². The quantitative estimate of drug-likeness (QED) is 0.829. The van der Waals surface area contributed by atoms with Gasteiger partial charge in [-0.05, 0) is 12.8 Å². The number of nitrogens with zero attached hydrogens (tertiary/aromatic N) is 1. The third-order valence-corrected chi connectivity index (χ3v) is 4.21. The van der Waals surface area contributed by atoms with Gasteiger partial charge < -0.3 is 5.32 Å². The monoisotopic (exact) mass is 210 g/mol. The molecule has 3 heteroatoms. The van der Waals surface area contributed by atoms with Gasteiger partial charge in [0.1, 0.15) is 0 Å². The van der Waals surface area contributed by atoms with Crippen LogP contribution in [0.1, 0.15) is 48.2 Å². The van der Waals surface area contributed by atoms with E-state index in [4.69, 9.17) is 4.98 Å². The van der Waals surface area contributed by atoms with Gasteiger partial charge in [0.05, 0.1) is 10.7 Å². The van der Waals surface area contributed by atoms with E-state index in [1.807, 2.05) is 11.3 Å². The summed E-state index contributed by atoms with van der Waals surface area (Å²) in [4.78, 5) is 6.24. The van der Waals surface area contributed by atoms with E-state index < -0.39 is 0 Å². The average molecular weight is 210 g/mol. The van der Waals surface area contributed by atoms with Gasteiger partial charge in [0.15, 0.2) is 0 Å². The van der Waals surface area contributed by atoms with Crippen molar-refractivity contribution in [3.8, 4) is 0 Å². The first-order chi connectivity index (χ1) is 6.85. The average Bonchev–Trinajstić information content (AvgIpc) is 2.63.